The van der Waals surface area contributed by atoms with Gasteiger partial charge in [0.2, 0.25) is 0 Å². The summed E-state index contributed by atoms with van der Waals surface area (Å²) in [6.07, 6.45) is 2.01. The van der Waals surface area contributed by atoms with Crippen LogP contribution in [-0.4, -0.2) is 10.2 Å². The monoisotopic (exact) mass is 468 g/mol. The minimum atomic E-state index is -0.0186. The van der Waals surface area contributed by atoms with Crippen molar-refractivity contribution < 1.29 is 10.2 Å². The maximum absolute atomic E-state index is 10.5. The summed E-state index contributed by atoms with van der Waals surface area (Å²) in [6, 6.07) is 8.57. The molecule has 0 aliphatic carbocycles. The lowest BCUT2D eigenvalue weighted by atomic mass is 9.78. The Hall–Kier alpha value is -1.96. The van der Waals surface area contributed by atoms with E-state index in [4.69, 9.17) is 0 Å². The minimum absolute atomic E-state index is 0.0186. The van der Waals surface area contributed by atoms with Crippen LogP contribution in [-0.2, 0) is 34.5 Å². The van der Waals surface area contributed by atoms with Crippen molar-refractivity contribution in [1.29, 1.82) is 0 Å². The number of rotatable bonds is 2. The van der Waals surface area contributed by atoms with Crippen LogP contribution < -0.4 is 0 Å². The van der Waals surface area contributed by atoms with Crippen LogP contribution in [0.3, 0.4) is 0 Å². The van der Waals surface area contributed by atoms with Gasteiger partial charge in [-0.05, 0) is 67.9 Å². The molecule has 0 aliphatic rings. The smallest absolute Gasteiger partial charge is 0.123 e. The van der Waals surface area contributed by atoms with E-state index in [1.807, 2.05) is 0 Å². The highest BCUT2D eigenvalue weighted by atomic mass is 16.3. The molecule has 2 nitrogen and oxygen atoms in total. The number of aromatic hydroxyl groups is 2. The highest BCUT2D eigenvalue weighted by Gasteiger charge is 2.27. The summed E-state index contributed by atoms with van der Waals surface area (Å²) in [5, 5.41) is 21.0. The van der Waals surface area contributed by atoms with E-state index in [-0.39, 0.29) is 21.7 Å². The van der Waals surface area contributed by atoms with Gasteiger partial charge in [0.05, 0.1) is 0 Å². The summed E-state index contributed by atoms with van der Waals surface area (Å²) in [5.41, 5.74) is 6.76. The van der Waals surface area contributed by atoms with Crippen LogP contribution in [0.2, 0.25) is 0 Å². The topological polar surface area (TPSA) is 40.5 Å². The van der Waals surface area contributed by atoms with E-state index in [9.17, 15) is 10.2 Å². The summed E-state index contributed by atoms with van der Waals surface area (Å²) < 4.78 is 0. The summed E-state index contributed by atoms with van der Waals surface area (Å²) in [6.45, 7) is 30.1. The predicted octanol–water partition coefficient (Wildman–Crippen LogP) is 9.10. The van der Waals surface area contributed by atoms with Gasteiger partial charge in [-0.15, -0.1) is 0 Å². The largest absolute Gasteiger partial charge is 0.507 e. The molecule has 0 saturated heterocycles. The Morgan fingerprint density at radius 3 is 0.735 bits per heavy atom. The molecule has 192 valence electrons. The zero-order valence-corrected chi connectivity index (χ0v) is 24.6. The highest BCUT2D eigenvalue weighted by molar-refractivity contribution is 5.50. The molecule has 2 aromatic carbocycles. The molecule has 0 heterocycles. The molecule has 0 bridgehead atoms. The molecule has 34 heavy (non-hydrogen) atoms. The average molecular weight is 469 g/mol. The maximum Gasteiger partial charge on any atom is 0.123 e. The van der Waals surface area contributed by atoms with Crippen molar-refractivity contribution in [3.8, 4) is 11.5 Å². The third-order valence-electron chi connectivity index (χ3n) is 6.39. The maximum atomic E-state index is 10.5. The van der Waals surface area contributed by atoms with Gasteiger partial charge >= 0.3 is 0 Å². The standard InChI is InChI=1S/2C16H26O/c2*1-8-11-9-12(15(2,3)4)14(17)13(10-11)16(5,6)7/h2*9-10,17H,8H2,1-7H3. The molecule has 2 aromatic rings. The van der Waals surface area contributed by atoms with Crippen molar-refractivity contribution in [1.82, 2.24) is 0 Å². The van der Waals surface area contributed by atoms with Crippen LogP contribution in [0, 0.1) is 0 Å². The second-order valence-electron chi connectivity index (χ2n) is 13.8. The molecule has 0 spiro atoms. The molecule has 2 rings (SSSR count). The molecule has 2 N–H and O–H groups in total. The van der Waals surface area contributed by atoms with Crippen LogP contribution in [0.1, 0.15) is 130 Å². The zero-order valence-electron chi connectivity index (χ0n) is 24.6. The fourth-order valence-electron chi connectivity index (χ4n) is 4.08. The first kappa shape index (κ1) is 30.1. The van der Waals surface area contributed by atoms with Crippen molar-refractivity contribution in [2.75, 3.05) is 0 Å². The van der Waals surface area contributed by atoms with E-state index in [0.717, 1.165) is 35.1 Å². The van der Waals surface area contributed by atoms with E-state index in [1.165, 1.54) is 11.1 Å². The number of benzene rings is 2. The average Bonchev–Trinajstić information content (AvgIpc) is 2.65. The Morgan fingerprint density at radius 2 is 0.618 bits per heavy atom. The van der Waals surface area contributed by atoms with Gasteiger partial charge in [0.25, 0.3) is 0 Å². The van der Waals surface area contributed by atoms with Gasteiger partial charge in [0.15, 0.2) is 0 Å². The van der Waals surface area contributed by atoms with Gasteiger partial charge in [0, 0.05) is 0 Å². The molecule has 0 atom stereocenters. The number of phenolic OH excluding ortho intramolecular Hbond substituents is 2. The summed E-state index contributed by atoms with van der Waals surface area (Å²) in [4.78, 5) is 0. The van der Waals surface area contributed by atoms with Crippen molar-refractivity contribution >= 4 is 0 Å². The van der Waals surface area contributed by atoms with Gasteiger partial charge in [-0.3, -0.25) is 0 Å². The molecular formula is C32H52O2. The van der Waals surface area contributed by atoms with Gasteiger partial charge < -0.3 is 10.2 Å². The first-order chi connectivity index (χ1) is 15.1. The van der Waals surface area contributed by atoms with Crippen molar-refractivity contribution in [3.05, 3.63) is 57.6 Å². The Balaban J connectivity index is 0.000000340. The molecule has 0 unspecified atom stereocenters. The molecule has 0 radical (unpaired) electrons. The third-order valence-corrected chi connectivity index (χ3v) is 6.39. The van der Waals surface area contributed by atoms with E-state index in [2.05, 4.69) is 121 Å². The Bertz CT molecular complexity index is 817. The predicted molar refractivity (Wildman–Crippen MR) is 150 cm³/mol. The fourth-order valence-corrected chi connectivity index (χ4v) is 4.08. The summed E-state index contributed by atoms with van der Waals surface area (Å²) in [5.74, 6) is 0.949. The van der Waals surface area contributed by atoms with Crippen molar-refractivity contribution in [3.63, 3.8) is 0 Å². The molecule has 0 aliphatic heterocycles. The van der Waals surface area contributed by atoms with Gasteiger partial charge in [-0.2, -0.15) is 0 Å². The van der Waals surface area contributed by atoms with Crippen LogP contribution >= 0.6 is 0 Å². The van der Waals surface area contributed by atoms with E-state index < -0.39 is 0 Å². The summed E-state index contributed by atoms with van der Waals surface area (Å²) >= 11 is 0. The Kier molecular flexibility index (Phi) is 9.15. The van der Waals surface area contributed by atoms with E-state index in [1.54, 1.807) is 0 Å². The molecule has 0 saturated carbocycles. The lowest BCUT2D eigenvalue weighted by molar-refractivity contribution is 0.422. The molecular weight excluding hydrogens is 416 g/mol. The lowest BCUT2D eigenvalue weighted by Gasteiger charge is -2.28. The molecule has 2 heteroatoms. The quantitative estimate of drug-likeness (QED) is 0.461. The third kappa shape index (κ3) is 7.52. The number of hydrogen-bond donors (Lipinski definition) is 2. The lowest BCUT2D eigenvalue weighted by Crippen LogP contribution is -2.17. The van der Waals surface area contributed by atoms with Crippen LogP contribution in [0.4, 0.5) is 0 Å². The first-order valence-corrected chi connectivity index (χ1v) is 12.9. The number of aryl methyl sites for hydroxylation is 2. The molecule has 0 aromatic heterocycles. The molecule has 0 amide bonds. The van der Waals surface area contributed by atoms with Crippen LogP contribution in [0.15, 0.2) is 24.3 Å². The van der Waals surface area contributed by atoms with Crippen LogP contribution in [0.5, 0.6) is 11.5 Å². The number of phenols is 2. The van der Waals surface area contributed by atoms with Crippen LogP contribution in [0.25, 0.3) is 0 Å². The fraction of sp³-hybridized carbons (Fsp3) is 0.625. The van der Waals surface area contributed by atoms with E-state index >= 15 is 0 Å². The zero-order chi connectivity index (χ0) is 26.9. The SMILES string of the molecule is CCc1cc(C(C)(C)C)c(O)c(C(C)(C)C)c1.CCc1cc(C(C)(C)C)c(O)c(C(C)(C)C)c1. The summed E-state index contributed by atoms with van der Waals surface area (Å²) in [7, 11) is 0. The van der Waals surface area contributed by atoms with E-state index in [0.29, 0.717) is 11.5 Å². The van der Waals surface area contributed by atoms with Crippen molar-refractivity contribution in [2.24, 2.45) is 0 Å². The highest BCUT2D eigenvalue weighted by Crippen LogP contribution is 2.41. The Morgan fingerprint density at radius 1 is 0.441 bits per heavy atom. The number of hydrogen-bond acceptors (Lipinski definition) is 2. The molecule has 0 fully saturated rings. The second-order valence-corrected chi connectivity index (χ2v) is 13.8. The van der Waals surface area contributed by atoms with Gasteiger partial charge in [-0.25, -0.2) is 0 Å². The van der Waals surface area contributed by atoms with Crippen molar-refractivity contribution in [2.45, 2.75) is 131 Å². The first-order valence-electron chi connectivity index (χ1n) is 12.9. The minimum Gasteiger partial charge on any atom is -0.507 e. The van der Waals surface area contributed by atoms with Gasteiger partial charge in [-0.1, -0.05) is 121 Å². The normalized spacial score (nSPS) is 12.9. The van der Waals surface area contributed by atoms with Gasteiger partial charge in [0.1, 0.15) is 11.5 Å². The Labute approximate surface area is 210 Å². The second kappa shape index (κ2) is 10.3.